The number of carbonyl (C=O) groups is 2. The fraction of sp³-hybridized carbons (Fsp3) is 0.750. The highest BCUT2D eigenvalue weighted by Crippen LogP contribution is 2.76. The molecule has 0 aromatic heterocycles. The lowest BCUT2D eigenvalue weighted by Crippen LogP contribution is -2.56. The predicted octanol–water partition coefficient (Wildman–Crippen LogP) is 4.27. The Morgan fingerprint density at radius 3 is 2.79 bits per heavy atom. The fourth-order valence-electron chi connectivity index (χ4n) is 8.03. The first-order valence-corrected chi connectivity index (χ1v) is 11.1. The number of hydrogen-bond acceptors (Lipinski definition) is 5. The molecule has 5 heteroatoms. The average molecular weight is 401 g/mol. The molecule has 1 heterocycles. The van der Waals surface area contributed by atoms with E-state index in [1.807, 2.05) is 6.08 Å². The summed E-state index contributed by atoms with van der Waals surface area (Å²) in [5.41, 5.74) is 2.07. The third-order valence-electron chi connectivity index (χ3n) is 9.16. The molecule has 4 aliphatic carbocycles. The second-order valence-electron chi connectivity index (χ2n) is 10.5. The Balaban J connectivity index is 1.52. The second-order valence-corrected chi connectivity index (χ2v) is 10.5. The molecule has 3 saturated carbocycles. The van der Waals surface area contributed by atoms with Gasteiger partial charge in [0.1, 0.15) is 18.0 Å². The minimum absolute atomic E-state index is 0.0363. The van der Waals surface area contributed by atoms with Crippen LogP contribution in [0.25, 0.3) is 0 Å². The van der Waals surface area contributed by atoms with E-state index < -0.39 is 0 Å². The topological polar surface area (TPSA) is 76.1 Å². The summed E-state index contributed by atoms with van der Waals surface area (Å²) in [7, 11) is 0. The van der Waals surface area contributed by atoms with Gasteiger partial charge in [-0.1, -0.05) is 26.3 Å². The summed E-state index contributed by atoms with van der Waals surface area (Å²) in [5.74, 6) is 1.29. The first-order chi connectivity index (χ1) is 13.6. The van der Waals surface area contributed by atoms with E-state index >= 15 is 0 Å². The average Bonchev–Trinajstić information content (AvgIpc) is 3.29. The van der Waals surface area contributed by atoms with Crippen LogP contribution in [0, 0.1) is 28.6 Å². The molecule has 0 aromatic carbocycles. The Morgan fingerprint density at radius 1 is 1.31 bits per heavy atom. The van der Waals surface area contributed by atoms with Gasteiger partial charge in [-0.15, -0.1) is 0 Å². The minimum atomic E-state index is -0.371. The van der Waals surface area contributed by atoms with Crippen molar-refractivity contribution in [2.24, 2.45) is 28.6 Å². The monoisotopic (exact) mass is 400 g/mol. The molecule has 1 aliphatic heterocycles. The number of carbonyl (C=O) groups excluding carboxylic acids is 2. The van der Waals surface area contributed by atoms with Crippen molar-refractivity contribution in [1.82, 2.24) is 0 Å². The van der Waals surface area contributed by atoms with E-state index in [0.717, 1.165) is 37.7 Å². The van der Waals surface area contributed by atoms with Crippen LogP contribution in [0.15, 0.2) is 23.0 Å². The number of esters is 1. The number of aliphatic hydroxyl groups excluding tert-OH is 1. The van der Waals surface area contributed by atoms with Crippen LogP contribution in [-0.2, 0) is 19.1 Å². The van der Waals surface area contributed by atoms with E-state index in [1.54, 1.807) is 0 Å². The molecule has 5 nitrogen and oxygen atoms in total. The largest absolute Gasteiger partial charge is 0.509 e. The quantitative estimate of drug-likeness (QED) is 0.426. The van der Waals surface area contributed by atoms with Gasteiger partial charge in [-0.3, -0.25) is 9.59 Å². The Bertz CT molecular complexity index is 855. The number of hydrogen-bond donors (Lipinski definition) is 1. The zero-order chi connectivity index (χ0) is 20.8. The Morgan fingerprint density at radius 2 is 2.07 bits per heavy atom. The molecule has 5 aliphatic rings. The van der Waals surface area contributed by atoms with Crippen molar-refractivity contribution in [3.8, 4) is 0 Å². The summed E-state index contributed by atoms with van der Waals surface area (Å²) in [6.07, 6.45) is 7.56. The molecule has 0 radical (unpaired) electrons. The van der Waals surface area contributed by atoms with Gasteiger partial charge in [0.25, 0.3) is 0 Å². The highest BCUT2D eigenvalue weighted by Gasteiger charge is 2.79. The highest BCUT2D eigenvalue weighted by molar-refractivity contribution is 5.91. The SMILES string of the molecule is CC(=O)OCC(O)=C1C(C)C[C@H]2[C@@H]3CCC4=CC(=O)CC[C@]4(C)[C@]34OC4C[C@]12C. The maximum Gasteiger partial charge on any atom is 0.303 e. The number of ether oxygens (including phenoxy) is 2. The number of allylic oxidation sites excluding steroid dienone is 1. The van der Waals surface area contributed by atoms with Gasteiger partial charge < -0.3 is 14.6 Å². The van der Waals surface area contributed by atoms with Crippen LogP contribution >= 0.6 is 0 Å². The molecule has 1 saturated heterocycles. The third-order valence-corrected chi connectivity index (χ3v) is 9.16. The number of rotatable bonds is 2. The van der Waals surface area contributed by atoms with Crippen molar-refractivity contribution in [3.05, 3.63) is 23.0 Å². The molecular weight excluding hydrogens is 368 g/mol. The van der Waals surface area contributed by atoms with E-state index in [9.17, 15) is 14.7 Å². The molecule has 0 bridgehead atoms. The third kappa shape index (κ3) is 2.37. The maximum atomic E-state index is 12.1. The lowest BCUT2D eigenvalue weighted by Gasteiger charge is -2.55. The van der Waals surface area contributed by atoms with Crippen LogP contribution in [0.4, 0.5) is 0 Å². The van der Waals surface area contributed by atoms with Gasteiger partial charge in [-0.2, -0.15) is 0 Å². The summed E-state index contributed by atoms with van der Waals surface area (Å²) in [5, 5.41) is 10.8. The molecule has 158 valence electrons. The summed E-state index contributed by atoms with van der Waals surface area (Å²) in [4.78, 5) is 23.3. The molecule has 1 N–H and O–H groups in total. The van der Waals surface area contributed by atoms with Gasteiger partial charge >= 0.3 is 5.97 Å². The molecular formula is C24H32O5. The van der Waals surface area contributed by atoms with Crippen LogP contribution in [0.5, 0.6) is 0 Å². The molecule has 0 amide bonds. The van der Waals surface area contributed by atoms with Crippen molar-refractivity contribution >= 4 is 11.8 Å². The minimum Gasteiger partial charge on any atom is -0.509 e. The van der Waals surface area contributed by atoms with Crippen molar-refractivity contribution in [2.45, 2.75) is 77.9 Å². The lowest BCUT2D eigenvalue weighted by molar-refractivity contribution is -0.140. The van der Waals surface area contributed by atoms with Crippen LogP contribution in [-0.4, -0.2) is 35.2 Å². The van der Waals surface area contributed by atoms with Crippen LogP contribution in [0.2, 0.25) is 0 Å². The fourth-order valence-corrected chi connectivity index (χ4v) is 8.03. The van der Waals surface area contributed by atoms with E-state index in [4.69, 9.17) is 9.47 Å². The predicted molar refractivity (Wildman–Crippen MR) is 107 cm³/mol. The Labute approximate surface area is 172 Å². The van der Waals surface area contributed by atoms with Crippen molar-refractivity contribution in [3.63, 3.8) is 0 Å². The number of epoxide rings is 1. The smallest absolute Gasteiger partial charge is 0.303 e. The molecule has 7 atom stereocenters. The zero-order valence-electron chi connectivity index (χ0n) is 17.9. The standard InChI is InChI=1S/C24H32O5/c1-13-9-18-17-6-5-15-10-16(26)7-8-23(15,4)24(17)20(29-24)11-22(18,3)21(13)19(27)12-28-14(2)25/h10,13,17-18,20,27H,5-9,11-12H2,1-4H3/t13?,17-,18-,20?,22-,23-,24-/m0/s1. The number of ketones is 1. The van der Waals surface area contributed by atoms with Crippen molar-refractivity contribution < 1.29 is 24.2 Å². The van der Waals surface area contributed by atoms with E-state index in [-0.39, 0.29) is 52.6 Å². The van der Waals surface area contributed by atoms with E-state index in [0.29, 0.717) is 18.3 Å². The zero-order valence-corrected chi connectivity index (χ0v) is 17.9. The first-order valence-electron chi connectivity index (χ1n) is 11.1. The van der Waals surface area contributed by atoms with Gasteiger partial charge in [0.15, 0.2) is 5.78 Å². The van der Waals surface area contributed by atoms with Gasteiger partial charge in [0.2, 0.25) is 0 Å². The second kappa shape index (κ2) is 5.96. The molecule has 4 fully saturated rings. The molecule has 29 heavy (non-hydrogen) atoms. The van der Waals surface area contributed by atoms with E-state index in [2.05, 4.69) is 20.8 Å². The first kappa shape index (κ1) is 19.3. The normalized spacial score (nSPS) is 49.2. The van der Waals surface area contributed by atoms with E-state index in [1.165, 1.54) is 12.5 Å². The molecule has 2 unspecified atom stereocenters. The Hall–Kier alpha value is -1.62. The van der Waals surface area contributed by atoms with Crippen LogP contribution in [0.3, 0.4) is 0 Å². The summed E-state index contributed by atoms with van der Waals surface area (Å²) in [6, 6.07) is 0. The van der Waals surface area contributed by atoms with Gasteiger partial charge in [-0.25, -0.2) is 0 Å². The molecule has 1 spiro atoms. The van der Waals surface area contributed by atoms with Gasteiger partial charge in [0.05, 0.1) is 6.10 Å². The highest BCUT2D eigenvalue weighted by atomic mass is 16.6. The lowest BCUT2D eigenvalue weighted by atomic mass is 9.47. The summed E-state index contributed by atoms with van der Waals surface area (Å²) >= 11 is 0. The molecule has 0 aromatic rings. The van der Waals surface area contributed by atoms with Crippen LogP contribution < -0.4 is 0 Å². The number of aliphatic hydroxyl groups is 1. The maximum absolute atomic E-state index is 12.1. The van der Waals surface area contributed by atoms with Gasteiger partial charge in [0, 0.05) is 18.8 Å². The molecule has 5 rings (SSSR count). The summed E-state index contributed by atoms with van der Waals surface area (Å²) in [6.45, 7) is 8.14. The summed E-state index contributed by atoms with van der Waals surface area (Å²) < 4.78 is 11.7. The van der Waals surface area contributed by atoms with Crippen molar-refractivity contribution in [1.29, 1.82) is 0 Å². The van der Waals surface area contributed by atoms with Gasteiger partial charge in [-0.05, 0) is 66.9 Å². The number of fused-ring (bicyclic) bond motifs is 3. The van der Waals surface area contributed by atoms with Crippen molar-refractivity contribution in [2.75, 3.05) is 6.61 Å². The van der Waals surface area contributed by atoms with Crippen LogP contribution in [0.1, 0.15) is 66.2 Å². The Kier molecular flexibility index (Phi) is 3.98.